The third-order valence-corrected chi connectivity index (χ3v) is 5.21. The highest BCUT2D eigenvalue weighted by atomic mass is 19.1. The zero-order valence-corrected chi connectivity index (χ0v) is 16.2. The number of hydrogen-bond acceptors (Lipinski definition) is 4. The predicted molar refractivity (Wildman–Crippen MR) is 106 cm³/mol. The molecule has 0 radical (unpaired) electrons. The summed E-state index contributed by atoms with van der Waals surface area (Å²) in [7, 11) is 0. The molecule has 1 aliphatic carbocycles. The maximum absolute atomic E-state index is 14.2. The van der Waals surface area contributed by atoms with Crippen molar-refractivity contribution in [3.63, 3.8) is 0 Å². The summed E-state index contributed by atoms with van der Waals surface area (Å²) >= 11 is 0. The molecule has 0 spiro atoms. The van der Waals surface area contributed by atoms with Crippen LogP contribution in [-0.2, 0) is 17.6 Å². The molecule has 2 N–H and O–H groups in total. The zero-order chi connectivity index (χ0) is 20.4. The Balaban J connectivity index is 1.63. The van der Waals surface area contributed by atoms with Gasteiger partial charge in [0.15, 0.2) is 0 Å². The first-order valence-electron chi connectivity index (χ1n) is 9.88. The molecule has 8 heteroatoms. The van der Waals surface area contributed by atoms with E-state index in [-0.39, 0.29) is 11.7 Å². The van der Waals surface area contributed by atoms with E-state index in [1.807, 2.05) is 6.92 Å². The normalized spacial score (nSPS) is 15.9. The third kappa shape index (κ3) is 3.87. The van der Waals surface area contributed by atoms with E-state index in [1.54, 1.807) is 24.4 Å². The van der Waals surface area contributed by atoms with E-state index in [1.165, 1.54) is 10.5 Å². The number of amides is 1. The minimum absolute atomic E-state index is 0.111. The number of hydrogen-bond donors (Lipinski definition) is 2. The van der Waals surface area contributed by atoms with Crippen molar-refractivity contribution in [2.45, 2.75) is 45.1 Å². The van der Waals surface area contributed by atoms with Crippen LogP contribution in [-0.4, -0.2) is 33.1 Å². The number of aromatic amines is 1. The fourth-order valence-corrected chi connectivity index (χ4v) is 3.68. The molecule has 0 saturated carbocycles. The molecule has 2 heterocycles. The van der Waals surface area contributed by atoms with Crippen molar-refractivity contribution in [2.75, 3.05) is 6.61 Å². The van der Waals surface area contributed by atoms with Gasteiger partial charge in [0.05, 0.1) is 12.3 Å². The zero-order valence-electron chi connectivity index (χ0n) is 16.2. The van der Waals surface area contributed by atoms with Crippen molar-refractivity contribution >= 4 is 11.7 Å². The van der Waals surface area contributed by atoms with E-state index in [4.69, 9.17) is 4.74 Å². The Labute approximate surface area is 166 Å². The molecule has 0 aliphatic heterocycles. The van der Waals surface area contributed by atoms with Gasteiger partial charge >= 0.3 is 11.8 Å². The molecule has 1 amide bonds. The highest BCUT2D eigenvalue weighted by molar-refractivity contribution is 5.68. The molecule has 1 atom stereocenters. The van der Waals surface area contributed by atoms with Crippen LogP contribution in [0.4, 0.5) is 9.18 Å². The Morgan fingerprint density at radius 1 is 1.41 bits per heavy atom. The maximum atomic E-state index is 14.2. The average molecular weight is 398 g/mol. The Kier molecular flexibility index (Phi) is 5.33. The van der Waals surface area contributed by atoms with Crippen LogP contribution < -0.4 is 11.0 Å². The summed E-state index contributed by atoms with van der Waals surface area (Å²) in [5, 5.41) is 2.90. The summed E-state index contributed by atoms with van der Waals surface area (Å²) < 4.78 is 20.8. The van der Waals surface area contributed by atoms with Crippen LogP contribution in [0.5, 0.6) is 0 Å². The van der Waals surface area contributed by atoms with Crippen molar-refractivity contribution in [1.82, 2.24) is 19.7 Å². The summed E-state index contributed by atoms with van der Waals surface area (Å²) in [6.45, 7) is 2.43. The third-order valence-electron chi connectivity index (χ3n) is 5.21. The van der Waals surface area contributed by atoms with Crippen molar-refractivity contribution in [1.29, 1.82) is 0 Å². The minimum atomic E-state index is -0.428. The second kappa shape index (κ2) is 8.06. The molecule has 1 unspecified atom stereocenters. The van der Waals surface area contributed by atoms with Gasteiger partial charge in [0.25, 0.3) is 0 Å². The van der Waals surface area contributed by atoms with Crippen LogP contribution in [0, 0.1) is 5.82 Å². The summed E-state index contributed by atoms with van der Waals surface area (Å²) in [6, 6.07) is 6.23. The maximum Gasteiger partial charge on any atom is 0.407 e. The van der Waals surface area contributed by atoms with Gasteiger partial charge in [-0.2, -0.15) is 0 Å². The van der Waals surface area contributed by atoms with Gasteiger partial charge in [-0.15, -0.1) is 0 Å². The highest BCUT2D eigenvalue weighted by Crippen LogP contribution is 2.26. The lowest BCUT2D eigenvalue weighted by Gasteiger charge is -2.25. The topological polar surface area (TPSA) is 88.5 Å². The molecule has 29 heavy (non-hydrogen) atoms. The number of carbonyl (C=O) groups is 1. The molecule has 2 aromatic heterocycles. The van der Waals surface area contributed by atoms with Crippen molar-refractivity contribution in [3.8, 4) is 11.3 Å². The first-order valence-corrected chi connectivity index (χ1v) is 9.88. The molecule has 0 bridgehead atoms. The molecule has 3 aromatic rings. The van der Waals surface area contributed by atoms with Crippen LogP contribution in [0.3, 0.4) is 0 Å². The van der Waals surface area contributed by atoms with Gasteiger partial charge in [-0.05, 0) is 37.8 Å². The lowest BCUT2D eigenvalue weighted by Crippen LogP contribution is -2.40. The first kappa shape index (κ1) is 19.2. The number of imidazole rings is 1. The Bertz CT molecular complexity index is 1100. The van der Waals surface area contributed by atoms with Crippen LogP contribution in [0.25, 0.3) is 16.9 Å². The van der Waals surface area contributed by atoms with Gasteiger partial charge in [0.1, 0.15) is 11.5 Å². The lowest BCUT2D eigenvalue weighted by atomic mass is 9.92. The van der Waals surface area contributed by atoms with Gasteiger partial charge in [-0.25, -0.2) is 19.0 Å². The monoisotopic (exact) mass is 398 g/mol. The molecule has 0 fully saturated rings. The first-order chi connectivity index (χ1) is 14.1. The smallest absolute Gasteiger partial charge is 0.407 e. The number of benzene rings is 1. The minimum Gasteiger partial charge on any atom is -0.450 e. The van der Waals surface area contributed by atoms with Crippen molar-refractivity contribution < 1.29 is 13.9 Å². The highest BCUT2D eigenvalue weighted by Gasteiger charge is 2.25. The van der Waals surface area contributed by atoms with E-state index < -0.39 is 11.9 Å². The van der Waals surface area contributed by atoms with E-state index >= 15 is 0 Å². The number of alkyl carbamates (subject to hydrolysis) is 1. The summed E-state index contributed by atoms with van der Waals surface area (Å²) in [6.07, 6.45) is 4.73. The van der Waals surface area contributed by atoms with Gasteiger partial charge in [-0.3, -0.25) is 4.40 Å². The molecular weight excluding hydrogens is 375 g/mol. The van der Waals surface area contributed by atoms with Crippen molar-refractivity contribution in [3.05, 3.63) is 58.0 Å². The van der Waals surface area contributed by atoms with E-state index in [0.717, 1.165) is 24.1 Å². The molecular formula is C21H23FN4O3. The second-order valence-electron chi connectivity index (χ2n) is 7.26. The van der Waals surface area contributed by atoms with E-state index in [2.05, 4.69) is 15.3 Å². The van der Waals surface area contributed by atoms with Crippen molar-refractivity contribution in [2.24, 2.45) is 0 Å². The number of halogens is 1. The molecule has 4 rings (SSSR count). The Morgan fingerprint density at radius 2 is 2.24 bits per heavy atom. The van der Waals surface area contributed by atoms with Gasteiger partial charge in [-0.1, -0.05) is 25.5 Å². The summed E-state index contributed by atoms with van der Waals surface area (Å²) in [4.78, 5) is 31.9. The lowest BCUT2D eigenvalue weighted by molar-refractivity contribution is 0.139. The number of fused-ring (bicyclic) bond motifs is 3. The molecule has 1 aromatic carbocycles. The van der Waals surface area contributed by atoms with Crippen LogP contribution >= 0.6 is 0 Å². The SMILES string of the molecule is CCCCOC(=O)NC1CCc2[nH]c(=O)n3cc(-c4ccccc4F)nc3c2C1. The molecule has 152 valence electrons. The Hall–Kier alpha value is -3.16. The van der Waals surface area contributed by atoms with Crippen LogP contribution in [0.15, 0.2) is 35.3 Å². The van der Waals surface area contributed by atoms with E-state index in [0.29, 0.717) is 42.8 Å². The number of unbranched alkanes of at least 4 members (excludes halogenated alkanes) is 1. The summed E-state index contributed by atoms with van der Waals surface area (Å²) in [5.41, 5.74) is 2.60. The number of ether oxygens (including phenoxy) is 1. The number of nitrogens with zero attached hydrogens (tertiary/aromatic N) is 2. The fraction of sp³-hybridized carbons (Fsp3) is 0.381. The standard InChI is InChI=1S/C21H23FN4O3/c1-2-3-10-29-21(28)23-13-8-9-17-15(11-13)19-24-18(12-26(19)20(27)25-17)14-6-4-5-7-16(14)22/h4-7,12-13H,2-3,8-11H2,1H3,(H,23,28)(H,25,27). The van der Waals surface area contributed by atoms with Crippen LogP contribution in [0.1, 0.15) is 37.4 Å². The Morgan fingerprint density at radius 3 is 3.03 bits per heavy atom. The largest absolute Gasteiger partial charge is 0.450 e. The summed E-state index contributed by atoms with van der Waals surface area (Å²) in [5.74, 6) is -0.393. The average Bonchev–Trinajstić information content (AvgIpc) is 3.15. The van der Waals surface area contributed by atoms with Crippen LogP contribution in [0.2, 0.25) is 0 Å². The molecule has 0 saturated heterocycles. The van der Waals surface area contributed by atoms with E-state index in [9.17, 15) is 14.0 Å². The number of H-pyrrole nitrogens is 1. The fourth-order valence-electron chi connectivity index (χ4n) is 3.68. The number of aryl methyl sites for hydroxylation is 1. The number of nitrogens with one attached hydrogen (secondary N) is 2. The predicted octanol–water partition coefficient (Wildman–Crippen LogP) is 3.21. The number of rotatable bonds is 5. The second-order valence-corrected chi connectivity index (χ2v) is 7.26. The van der Waals surface area contributed by atoms with Gasteiger partial charge < -0.3 is 15.0 Å². The van der Waals surface area contributed by atoms with Gasteiger partial charge in [0, 0.05) is 29.1 Å². The quantitative estimate of drug-likeness (QED) is 0.646. The van der Waals surface area contributed by atoms with Gasteiger partial charge in [0.2, 0.25) is 0 Å². The molecule has 7 nitrogen and oxygen atoms in total. The number of aromatic nitrogens is 3. The number of carbonyl (C=O) groups excluding carboxylic acids is 1. The molecule has 1 aliphatic rings.